The van der Waals surface area contributed by atoms with Crippen LogP contribution in [0.1, 0.15) is 45.4 Å². The first-order chi connectivity index (χ1) is 8.77. The summed E-state index contributed by atoms with van der Waals surface area (Å²) < 4.78 is 0. The summed E-state index contributed by atoms with van der Waals surface area (Å²) in [4.78, 5) is 14.2. The van der Waals surface area contributed by atoms with E-state index in [0.717, 1.165) is 39.0 Å². The summed E-state index contributed by atoms with van der Waals surface area (Å²) in [5.74, 6) is 0.641. The van der Waals surface area contributed by atoms with E-state index < -0.39 is 0 Å². The normalized spacial score (nSPS) is 24.4. The first-order valence-electron chi connectivity index (χ1n) is 7.53. The quantitative estimate of drug-likeness (QED) is 0.790. The minimum atomic E-state index is 0.155. The zero-order valence-corrected chi connectivity index (χ0v) is 11.6. The van der Waals surface area contributed by atoms with Crippen LogP contribution in [0, 0.1) is 5.92 Å². The molecule has 2 aliphatic rings. The van der Waals surface area contributed by atoms with Crippen molar-refractivity contribution < 1.29 is 4.79 Å². The van der Waals surface area contributed by atoms with E-state index in [2.05, 4.69) is 17.6 Å². The van der Waals surface area contributed by atoms with Crippen LogP contribution < -0.4 is 10.6 Å². The number of piperidine rings is 1. The van der Waals surface area contributed by atoms with Gasteiger partial charge in [0.2, 0.25) is 0 Å². The van der Waals surface area contributed by atoms with E-state index in [1.165, 1.54) is 25.7 Å². The van der Waals surface area contributed by atoms with Crippen LogP contribution in [-0.2, 0) is 0 Å². The van der Waals surface area contributed by atoms with Gasteiger partial charge in [-0.05, 0) is 51.6 Å². The second-order valence-electron chi connectivity index (χ2n) is 5.73. The highest BCUT2D eigenvalue weighted by Crippen LogP contribution is 2.17. The zero-order chi connectivity index (χ0) is 12.8. The average Bonchev–Trinajstić information content (AvgIpc) is 2.68. The summed E-state index contributed by atoms with van der Waals surface area (Å²) >= 11 is 0. The average molecular weight is 253 g/mol. The molecule has 0 aromatic heterocycles. The number of carbonyl (C=O) groups is 1. The molecule has 2 heterocycles. The Balaban J connectivity index is 1.77. The van der Waals surface area contributed by atoms with Crippen molar-refractivity contribution in [3.05, 3.63) is 0 Å². The fourth-order valence-electron chi connectivity index (χ4n) is 3.02. The summed E-state index contributed by atoms with van der Waals surface area (Å²) in [5, 5.41) is 6.58. The fraction of sp³-hybridized carbons (Fsp3) is 0.929. The van der Waals surface area contributed by atoms with E-state index in [0.29, 0.717) is 12.0 Å². The molecule has 0 bridgehead atoms. The number of carbonyl (C=O) groups excluding carboxylic acids is 1. The third-order valence-electron chi connectivity index (χ3n) is 4.34. The Bertz CT molecular complexity index is 256. The van der Waals surface area contributed by atoms with Crippen LogP contribution in [0.4, 0.5) is 4.79 Å². The van der Waals surface area contributed by atoms with Gasteiger partial charge >= 0.3 is 6.03 Å². The molecule has 104 valence electrons. The van der Waals surface area contributed by atoms with Crippen molar-refractivity contribution in [2.75, 3.05) is 26.2 Å². The van der Waals surface area contributed by atoms with Gasteiger partial charge < -0.3 is 15.5 Å². The van der Waals surface area contributed by atoms with Crippen molar-refractivity contribution in [1.82, 2.24) is 15.5 Å². The van der Waals surface area contributed by atoms with Crippen molar-refractivity contribution in [2.24, 2.45) is 5.92 Å². The Morgan fingerprint density at radius 3 is 2.39 bits per heavy atom. The van der Waals surface area contributed by atoms with Gasteiger partial charge in [-0.2, -0.15) is 0 Å². The maximum absolute atomic E-state index is 12.2. The summed E-state index contributed by atoms with van der Waals surface area (Å²) in [6.45, 7) is 6.21. The number of rotatable bonds is 2. The Labute approximate surface area is 110 Å². The van der Waals surface area contributed by atoms with Gasteiger partial charge in [-0.25, -0.2) is 4.79 Å². The van der Waals surface area contributed by atoms with E-state index in [-0.39, 0.29) is 6.03 Å². The Morgan fingerprint density at radius 2 is 1.78 bits per heavy atom. The van der Waals surface area contributed by atoms with Crippen molar-refractivity contribution >= 4 is 6.03 Å². The molecule has 4 heteroatoms. The van der Waals surface area contributed by atoms with E-state index in [9.17, 15) is 4.79 Å². The molecule has 2 saturated heterocycles. The SMILES string of the molecule is CC(NC(=O)N1CCCCCC1)C1CCNCC1. The van der Waals surface area contributed by atoms with Gasteiger partial charge in [0.05, 0.1) is 0 Å². The van der Waals surface area contributed by atoms with Gasteiger partial charge in [-0.1, -0.05) is 12.8 Å². The molecular formula is C14H27N3O. The molecular weight excluding hydrogens is 226 g/mol. The topological polar surface area (TPSA) is 44.4 Å². The van der Waals surface area contributed by atoms with Gasteiger partial charge in [0.1, 0.15) is 0 Å². The molecule has 0 aliphatic carbocycles. The maximum Gasteiger partial charge on any atom is 0.317 e. The number of hydrogen-bond acceptors (Lipinski definition) is 2. The highest BCUT2D eigenvalue weighted by Gasteiger charge is 2.23. The second kappa shape index (κ2) is 6.98. The number of hydrogen-bond donors (Lipinski definition) is 2. The van der Waals surface area contributed by atoms with Crippen LogP contribution in [0.25, 0.3) is 0 Å². The predicted octanol–water partition coefficient (Wildman–Crippen LogP) is 1.96. The first kappa shape index (κ1) is 13.7. The van der Waals surface area contributed by atoms with E-state index >= 15 is 0 Å². The largest absolute Gasteiger partial charge is 0.335 e. The Hall–Kier alpha value is -0.770. The van der Waals surface area contributed by atoms with Crippen LogP contribution in [0.15, 0.2) is 0 Å². The molecule has 4 nitrogen and oxygen atoms in total. The predicted molar refractivity (Wildman–Crippen MR) is 73.6 cm³/mol. The van der Waals surface area contributed by atoms with Gasteiger partial charge in [0.15, 0.2) is 0 Å². The van der Waals surface area contributed by atoms with Crippen molar-refractivity contribution in [3.63, 3.8) is 0 Å². The van der Waals surface area contributed by atoms with Crippen LogP contribution >= 0.6 is 0 Å². The van der Waals surface area contributed by atoms with Gasteiger partial charge in [0, 0.05) is 19.1 Å². The van der Waals surface area contributed by atoms with E-state index in [1.807, 2.05) is 4.90 Å². The monoisotopic (exact) mass is 253 g/mol. The lowest BCUT2D eigenvalue weighted by Crippen LogP contribution is -2.48. The molecule has 1 atom stereocenters. The summed E-state index contributed by atoms with van der Waals surface area (Å²) in [6.07, 6.45) is 7.23. The molecule has 18 heavy (non-hydrogen) atoms. The zero-order valence-electron chi connectivity index (χ0n) is 11.6. The van der Waals surface area contributed by atoms with Gasteiger partial charge in [-0.3, -0.25) is 0 Å². The number of nitrogens with one attached hydrogen (secondary N) is 2. The number of likely N-dealkylation sites (tertiary alicyclic amines) is 1. The Morgan fingerprint density at radius 1 is 1.17 bits per heavy atom. The van der Waals surface area contributed by atoms with Crippen LogP contribution in [0.2, 0.25) is 0 Å². The molecule has 1 unspecified atom stereocenters. The standard InChI is InChI=1S/C14H27N3O/c1-12(13-6-8-15-9-7-13)16-14(18)17-10-4-2-3-5-11-17/h12-13,15H,2-11H2,1H3,(H,16,18). The minimum Gasteiger partial charge on any atom is -0.335 e. The van der Waals surface area contributed by atoms with Crippen LogP contribution in [0.5, 0.6) is 0 Å². The fourth-order valence-corrected chi connectivity index (χ4v) is 3.02. The molecule has 2 rings (SSSR count). The molecule has 0 radical (unpaired) electrons. The summed E-state index contributed by atoms with van der Waals surface area (Å²) in [6, 6.07) is 0.464. The summed E-state index contributed by atoms with van der Waals surface area (Å²) in [5.41, 5.74) is 0. The van der Waals surface area contributed by atoms with Gasteiger partial charge in [-0.15, -0.1) is 0 Å². The van der Waals surface area contributed by atoms with E-state index in [4.69, 9.17) is 0 Å². The lowest BCUT2D eigenvalue weighted by atomic mass is 9.91. The lowest BCUT2D eigenvalue weighted by molar-refractivity contribution is 0.188. The van der Waals surface area contributed by atoms with Crippen molar-refractivity contribution in [2.45, 2.75) is 51.5 Å². The first-order valence-corrected chi connectivity index (χ1v) is 7.53. The molecule has 0 aromatic carbocycles. The van der Waals surface area contributed by atoms with Crippen molar-refractivity contribution in [1.29, 1.82) is 0 Å². The number of urea groups is 1. The van der Waals surface area contributed by atoms with Crippen LogP contribution in [0.3, 0.4) is 0 Å². The lowest BCUT2D eigenvalue weighted by Gasteiger charge is -2.31. The minimum absolute atomic E-state index is 0.155. The molecule has 2 N–H and O–H groups in total. The molecule has 0 spiro atoms. The molecule has 2 aliphatic heterocycles. The number of amides is 2. The maximum atomic E-state index is 12.2. The number of nitrogens with zero attached hydrogens (tertiary/aromatic N) is 1. The smallest absolute Gasteiger partial charge is 0.317 e. The third kappa shape index (κ3) is 3.87. The van der Waals surface area contributed by atoms with Gasteiger partial charge in [0.25, 0.3) is 0 Å². The molecule has 2 amide bonds. The van der Waals surface area contributed by atoms with E-state index in [1.54, 1.807) is 0 Å². The second-order valence-corrected chi connectivity index (χ2v) is 5.73. The third-order valence-corrected chi connectivity index (χ3v) is 4.34. The van der Waals surface area contributed by atoms with Crippen LogP contribution in [-0.4, -0.2) is 43.2 Å². The highest BCUT2D eigenvalue weighted by molar-refractivity contribution is 5.74. The molecule has 0 aromatic rings. The highest BCUT2D eigenvalue weighted by atomic mass is 16.2. The Kier molecular flexibility index (Phi) is 5.29. The van der Waals surface area contributed by atoms with Crippen molar-refractivity contribution in [3.8, 4) is 0 Å². The molecule has 0 saturated carbocycles. The summed E-state index contributed by atoms with van der Waals surface area (Å²) in [7, 11) is 0. The molecule has 2 fully saturated rings.